The molecule has 27 heavy (non-hydrogen) atoms. The molecule has 0 saturated carbocycles. The van der Waals surface area contributed by atoms with E-state index in [0.717, 1.165) is 22.4 Å². The summed E-state index contributed by atoms with van der Waals surface area (Å²) in [6.07, 6.45) is 1.90. The minimum Gasteiger partial charge on any atom is -0.497 e. The number of hydrogen-bond donors (Lipinski definition) is 0. The average molecular weight is 399 g/mol. The third-order valence-corrected chi connectivity index (χ3v) is 5.72. The fourth-order valence-corrected chi connectivity index (χ4v) is 4.46. The van der Waals surface area contributed by atoms with Crippen LogP contribution in [0.2, 0.25) is 0 Å². The van der Waals surface area contributed by atoms with Crippen molar-refractivity contribution in [2.24, 2.45) is 0 Å². The van der Waals surface area contributed by atoms with Gasteiger partial charge in [0.2, 0.25) is 5.78 Å². The van der Waals surface area contributed by atoms with E-state index in [4.69, 9.17) is 9.72 Å². The van der Waals surface area contributed by atoms with E-state index in [1.165, 1.54) is 23.1 Å². The van der Waals surface area contributed by atoms with Crippen LogP contribution in [0.15, 0.2) is 51.7 Å². The summed E-state index contributed by atoms with van der Waals surface area (Å²) in [5.41, 5.74) is 2.69. The van der Waals surface area contributed by atoms with E-state index in [1.807, 2.05) is 42.8 Å². The highest BCUT2D eigenvalue weighted by molar-refractivity contribution is 7.98. The summed E-state index contributed by atoms with van der Waals surface area (Å²) < 4.78 is 8.55. The van der Waals surface area contributed by atoms with E-state index in [1.54, 1.807) is 16.2 Å². The van der Waals surface area contributed by atoms with Crippen LogP contribution in [0, 0.1) is 0 Å². The number of fused-ring (bicyclic) bond motifs is 2. The van der Waals surface area contributed by atoms with Gasteiger partial charge in [0.1, 0.15) is 10.6 Å². The van der Waals surface area contributed by atoms with Crippen LogP contribution in [-0.2, 0) is 6.54 Å². The molecule has 8 heteroatoms. The first-order chi connectivity index (χ1) is 13.0. The Balaban J connectivity index is 2.00. The predicted octanol–water partition coefficient (Wildman–Crippen LogP) is 4.08. The number of allylic oxidation sites excluding steroid dienone is 1. The molecule has 0 N–H and O–H groups in total. The maximum atomic E-state index is 13.4. The maximum absolute atomic E-state index is 13.4. The smallest absolute Gasteiger partial charge is 0.270 e. The van der Waals surface area contributed by atoms with E-state index in [9.17, 15) is 4.79 Å². The summed E-state index contributed by atoms with van der Waals surface area (Å²) in [5, 5.41) is 7.77. The normalized spacial score (nSPS) is 11.4. The van der Waals surface area contributed by atoms with Gasteiger partial charge in [-0.15, -0.1) is 16.4 Å². The van der Waals surface area contributed by atoms with E-state index < -0.39 is 0 Å². The van der Waals surface area contributed by atoms with Crippen LogP contribution >= 0.6 is 23.1 Å². The van der Waals surface area contributed by atoms with Gasteiger partial charge in [-0.05, 0) is 30.9 Å². The summed E-state index contributed by atoms with van der Waals surface area (Å²) in [6.45, 7) is 6.40. The number of rotatable bonds is 5. The number of hydrogen-bond acceptors (Lipinski definition) is 6. The molecule has 4 rings (SSSR count). The molecule has 0 aliphatic carbocycles. The van der Waals surface area contributed by atoms with Crippen molar-refractivity contribution in [3.8, 4) is 16.9 Å². The number of methoxy groups -OCH3 is 1. The summed E-state index contributed by atoms with van der Waals surface area (Å²) in [7, 11) is 1.63. The molecule has 0 aliphatic rings. The Morgan fingerprint density at radius 3 is 2.70 bits per heavy atom. The molecule has 3 aromatic heterocycles. The van der Waals surface area contributed by atoms with Gasteiger partial charge in [0.25, 0.3) is 5.56 Å². The molecular weight excluding hydrogens is 380 g/mol. The first kappa shape index (κ1) is 17.8. The molecule has 0 bridgehead atoms. The highest BCUT2D eigenvalue weighted by atomic mass is 32.2. The molecule has 0 aliphatic heterocycles. The van der Waals surface area contributed by atoms with Crippen molar-refractivity contribution in [3.05, 3.63) is 52.2 Å². The second-order valence-electron chi connectivity index (χ2n) is 6.21. The second kappa shape index (κ2) is 6.86. The zero-order valence-corrected chi connectivity index (χ0v) is 16.9. The maximum Gasteiger partial charge on any atom is 0.270 e. The lowest BCUT2D eigenvalue weighted by atomic mass is 10.1. The summed E-state index contributed by atoms with van der Waals surface area (Å²) >= 11 is 2.89. The molecule has 0 saturated heterocycles. The molecule has 0 spiro atoms. The van der Waals surface area contributed by atoms with Crippen LogP contribution < -0.4 is 10.3 Å². The van der Waals surface area contributed by atoms with E-state index in [2.05, 4.69) is 11.7 Å². The molecule has 0 fully saturated rings. The van der Waals surface area contributed by atoms with Crippen LogP contribution in [-0.4, -0.2) is 32.5 Å². The van der Waals surface area contributed by atoms with E-state index >= 15 is 0 Å². The number of thiophene rings is 1. The molecule has 0 atom stereocenters. The zero-order valence-electron chi connectivity index (χ0n) is 15.2. The van der Waals surface area contributed by atoms with Crippen LogP contribution in [0.1, 0.15) is 6.92 Å². The first-order valence-corrected chi connectivity index (χ1v) is 10.4. The number of nitrogens with zero attached hydrogens (tertiary/aromatic N) is 4. The minimum absolute atomic E-state index is 0.0978. The highest BCUT2D eigenvalue weighted by Crippen LogP contribution is 2.32. The van der Waals surface area contributed by atoms with Gasteiger partial charge < -0.3 is 4.74 Å². The Bertz CT molecular complexity index is 1220. The lowest BCUT2D eigenvalue weighted by Gasteiger charge is -2.04. The van der Waals surface area contributed by atoms with Crippen LogP contribution in [0.4, 0.5) is 0 Å². The van der Waals surface area contributed by atoms with Crippen molar-refractivity contribution in [1.29, 1.82) is 0 Å². The van der Waals surface area contributed by atoms with Crippen molar-refractivity contribution in [3.63, 3.8) is 0 Å². The number of thioether (sulfide) groups is 1. The van der Waals surface area contributed by atoms with Crippen molar-refractivity contribution < 1.29 is 4.74 Å². The number of ether oxygens (including phenoxy) is 1. The molecule has 0 amide bonds. The van der Waals surface area contributed by atoms with Crippen LogP contribution in [0.25, 0.3) is 27.1 Å². The monoisotopic (exact) mass is 398 g/mol. The zero-order chi connectivity index (χ0) is 19.1. The van der Waals surface area contributed by atoms with Crippen LogP contribution in [0.5, 0.6) is 5.75 Å². The Kier molecular flexibility index (Phi) is 4.53. The van der Waals surface area contributed by atoms with Crippen molar-refractivity contribution in [1.82, 2.24) is 19.2 Å². The van der Waals surface area contributed by atoms with E-state index in [-0.39, 0.29) is 5.56 Å². The minimum atomic E-state index is -0.0978. The van der Waals surface area contributed by atoms with Gasteiger partial charge in [-0.1, -0.05) is 36.0 Å². The fourth-order valence-electron chi connectivity index (χ4n) is 3.00. The molecule has 3 heterocycles. The van der Waals surface area contributed by atoms with Gasteiger partial charge in [0.05, 0.1) is 19.0 Å². The van der Waals surface area contributed by atoms with Gasteiger partial charge in [0.15, 0.2) is 5.16 Å². The number of benzene rings is 1. The molecular formula is C19H18N4O2S2. The molecule has 0 radical (unpaired) electrons. The Hall–Kier alpha value is -2.58. The highest BCUT2D eigenvalue weighted by Gasteiger charge is 2.19. The van der Waals surface area contributed by atoms with Crippen molar-refractivity contribution >= 4 is 39.1 Å². The van der Waals surface area contributed by atoms with Crippen molar-refractivity contribution in [2.75, 3.05) is 13.4 Å². The number of aromatic nitrogens is 4. The summed E-state index contributed by atoms with van der Waals surface area (Å²) in [5.74, 6) is 1.32. The Morgan fingerprint density at radius 2 is 2.07 bits per heavy atom. The molecule has 4 aromatic rings. The third kappa shape index (κ3) is 2.94. The van der Waals surface area contributed by atoms with Crippen LogP contribution in [0.3, 0.4) is 0 Å². The molecule has 0 unspecified atom stereocenters. The van der Waals surface area contributed by atoms with Gasteiger partial charge >= 0.3 is 0 Å². The Labute approximate surface area is 164 Å². The van der Waals surface area contributed by atoms with E-state index in [0.29, 0.717) is 27.7 Å². The SMILES string of the molecule is C=C(C)Cn1nc(SC)n2c(=O)c3c(-c4ccc(OC)cc4)csc3nc12. The van der Waals surface area contributed by atoms with Gasteiger partial charge in [-0.3, -0.25) is 4.79 Å². The second-order valence-corrected chi connectivity index (χ2v) is 7.84. The van der Waals surface area contributed by atoms with Gasteiger partial charge in [-0.2, -0.15) is 0 Å². The molecule has 6 nitrogen and oxygen atoms in total. The van der Waals surface area contributed by atoms with Gasteiger partial charge in [0, 0.05) is 10.9 Å². The fraction of sp³-hybridized carbons (Fsp3) is 0.211. The Morgan fingerprint density at radius 1 is 1.33 bits per heavy atom. The first-order valence-electron chi connectivity index (χ1n) is 8.27. The lowest BCUT2D eigenvalue weighted by molar-refractivity contribution is 0.415. The molecule has 1 aromatic carbocycles. The van der Waals surface area contributed by atoms with Crippen molar-refractivity contribution in [2.45, 2.75) is 18.6 Å². The standard InChI is InChI=1S/C19H18N4O2S2/c1-11(2)9-22-18-20-16-15(17(24)23(18)19(21-22)26-4)14(10-27-16)12-5-7-13(25-3)8-6-12/h5-8,10H,1,9H2,2-4H3. The van der Waals surface area contributed by atoms with Gasteiger partial charge in [-0.25, -0.2) is 14.1 Å². The summed E-state index contributed by atoms with van der Waals surface area (Å²) in [4.78, 5) is 18.8. The topological polar surface area (TPSA) is 61.4 Å². The predicted molar refractivity (Wildman–Crippen MR) is 111 cm³/mol. The summed E-state index contributed by atoms with van der Waals surface area (Å²) in [6, 6.07) is 7.68. The largest absolute Gasteiger partial charge is 0.497 e. The lowest BCUT2D eigenvalue weighted by Crippen LogP contribution is -2.15. The quantitative estimate of drug-likeness (QED) is 0.374. The molecule has 138 valence electrons. The third-order valence-electron chi connectivity index (χ3n) is 4.22. The average Bonchev–Trinajstić information content (AvgIpc) is 3.24.